The van der Waals surface area contributed by atoms with Gasteiger partial charge in [-0.15, -0.1) is 0 Å². The number of hydrogen-bond acceptors (Lipinski definition) is 4. The Morgan fingerprint density at radius 3 is 2.94 bits per heavy atom. The Kier molecular flexibility index (Phi) is 4.45. The van der Waals surface area contributed by atoms with Crippen LogP contribution in [0.15, 0.2) is 18.2 Å². The van der Waals surface area contributed by atoms with Gasteiger partial charge in [-0.1, -0.05) is 11.6 Å². The minimum absolute atomic E-state index is 0.00210. The van der Waals surface area contributed by atoms with Gasteiger partial charge in [-0.3, -0.25) is 4.90 Å². The van der Waals surface area contributed by atoms with Crippen molar-refractivity contribution in [2.24, 2.45) is 0 Å². The number of benzene rings is 1. The van der Waals surface area contributed by atoms with Gasteiger partial charge in [0.2, 0.25) is 0 Å². The van der Waals surface area contributed by atoms with Crippen LogP contribution in [0.25, 0.3) is 0 Å². The quantitative estimate of drug-likeness (QED) is 0.866. The number of nitrogens with zero attached hydrogens (tertiary/aromatic N) is 1. The fourth-order valence-corrected chi connectivity index (χ4v) is 2.54. The number of halogens is 1. The SMILES string of the molecule is COc1ccc(Cl)c(CN2C[C@H](O)C[C@H]2CO)c1. The standard InChI is InChI=1S/C13H18ClNO3/c1-18-12-2-3-13(14)9(4-12)6-15-7-11(17)5-10(15)8-16/h2-4,10-11,16-17H,5-8H2,1H3/t10-,11+/m0/s1. The molecular formula is C13H18ClNO3. The maximum absolute atomic E-state index is 9.64. The van der Waals surface area contributed by atoms with Crippen molar-refractivity contribution in [1.29, 1.82) is 0 Å². The number of aliphatic hydroxyl groups is 2. The van der Waals surface area contributed by atoms with Crippen molar-refractivity contribution in [1.82, 2.24) is 4.90 Å². The Morgan fingerprint density at radius 1 is 1.50 bits per heavy atom. The van der Waals surface area contributed by atoms with Crippen LogP contribution in [0.1, 0.15) is 12.0 Å². The summed E-state index contributed by atoms with van der Waals surface area (Å²) in [4.78, 5) is 2.05. The zero-order valence-corrected chi connectivity index (χ0v) is 11.1. The molecule has 1 aliphatic rings. The molecule has 2 atom stereocenters. The van der Waals surface area contributed by atoms with Crippen molar-refractivity contribution in [3.63, 3.8) is 0 Å². The number of likely N-dealkylation sites (tertiary alicyclic amines) is 1. The first kappa shape index (κ1) is 13.6. The predicted molar refractivity (Wildman–Crippen MR) is 69.9 cm³/mol. The first-order chi connectivity index (χ1) is 8.63. The molecule has 1 aliphatic heterocycles. The van der Waals surface area contributed by atoms with Crippen LogP contribution in [-0.4, -0.2) is 47.5 Å². The molecule has 1 fully saturated rings. The molecule has 0 spiro atoms. The van der Waals surface area contributed by atoms with Crippen LogP contribution in [0.3, 0.4) is 0 Å². The molecule has 2 rings (SSSR count). The van der Waals surface area contributed by atoms with Crippen LogP contribution >= 0.6 is 11.6 Å². The molecule has 4 nitrogen and oxygen atoms in total. The van der Waals surface area contributed by atoms with E-state index in [1.165, 1.54) is 0 Å². The van der Waals surface area contributed by atoms with Gasteiger partial charge in [0.15, 0.2) is 0 Å². The molecule has 0 saturated carbocycles. The zero-order valence-electron chi connectivity index (χ0n) is 10.3. The third-order valence-electron chi connectivity index (χ3n) is 3.34. The number of aliphatic hydroxyl groups excluding tert-OH is 2. The van der Waals surface area contributed by atoms with Crippen molar-refractivity contribution in [3.05, 3.63) is 28.8 Å². The minimum atomic E-state index is -0.369. The smallest absolute Gasteiger partial charge is 0.119 e. The van der Waals surface area contributed by atoms with Crippen molar-refractivity contribution in [3.8, 4) is 5.75 Å². The summed E-state index contributed by atoms with van der Waals surface area (Å²) in [6.45, 7) is 1.23. The summed E-state index contributed by atoms with van der Waals surface area (Å²) in [7, 11) is 1.61. The molecular weight excluding hydrogens is 254 g/mol. The molecule has 0 bridgehead atoms. The minimum Gasteiger partial charge on any atom is -0.497 e. The lowest BCUT2D eigenvalue weighted by Gasteiger charge is -2.23. The summed E-state index contributed by atoms with van der Waals surface area (Å²) in [5, 5.41) is 19.6. The average molecular weight is 272 g/mol. The van der Waals surface area contributed by atoms with Crippen LogP contribution in [0, 0.1) is 0 Å². The van der Waals surface area contributed by atoms with E-state index in [1.807, 2.05) is 17.0 Å². The van der Waals surface area contributed by atoms with Gasteiger partial charge in [0.05, 0.1) is 19.8 Å². The zero-order chi connectivity index (χ0) is 13.1. The highest BCUT2D eigenvalue weighted by molar-refractivity contribution is 6.31. The predicted octanol–water partition coefficient (Wildman–Crippen LogP) is 1.28. The van der Waals surface area contributed by atoms with Gasteiger partial charge in [-0.2, -0.15) is 0 Å². The van der Waals surface area contributed by atoms with E-state index in [1.54, 1.807) is 13.2 Å². The van der Waals surface area contributed by atoms with Gasteiger partial charge >= 0.3 is 0 Å². The molecule has 0 amide bonds. The van der Waals surface area contributed by atoms with Crippen LogP contribution in [0.4, 0.5) is 0 Å². The number of ether oxygens (including phenoxy) is 1. The van der Waals surface area contributed by atoms with E-state index in [0.29, 0.717) is 24.5 Å². The Morgan fingerprint density at radius 2 is 2.28 bits per heavy atom. The number of rotatable bonds is 4. The topological polar surface area (TPSA) is 52.9 Å². The van der Waals surface area contributed by atoms with Crippen molar-refractivity contribution < 1.29 is 14.9 Å². The van der Waals surface area contributed by atoms with Gasteiger partial charge in [0.25, 0.3) is 0 Å². The Bertz CT molecular complexity index is 413. The summed E-state index contributed by atoms with van der Waals surface area (Å²) in [5.41, 5.74) is 0.948. The second-order valence-corrected chi connectivity index (χ2v) is 5.02. The second kappa shape index (κ2) is 5.89. The normalized spacial score (nSPS) is 24.4. The average Bonchev–Trinajstić information content (AvgIpc) is 2.72. The van der Waals surface area contributed by atoms with E-state index < -0.39 is 0 Å². The molecule has 1 aromatic rings. The largest absolute Gasteiger partial charge is 0.497 e. The monoisotopic (exact) mass is 271 g/mol. The highest BCUT2D eigenvalue weighted by atomic mass is 35.5. The summed E-state index contributed by atoms with van der Waals surface area (Å²) >= 11 is 6.15. The van der Waals surface area contributed by atoms with E-state index in [2.05, 4.69) is 0 Å². The van der Waals surface area contributed by atoms with Crippen LogP contribution in [0.5, 0.6) is 5.75 Å². The summed E-state index contributed by atoms with van der Waals surface area (Å²) in [6, 6.07) is 5.51. The maximum atomic E-state index is 9.64. The third-order valence-corrected chi connectivity index (χ3v) is 3.71. The molecule has 100 valence electrons. The highest BCUT2D eigenvalue weighted by Gasteiger charge is 2.30. The molecule has 1 heterocycles. The third kappa shape index (κ3) is 2.95. The number of methoxy groups -OCH3 is 1. The lowest BCUT2D eigenvalue weighted by Crippen LogP contribution is -2.32. The van der Waals surface area contributed by atoms with Crippen LogP contribution in [-0.2, 0) is 6.54 Å². The van der Waals surface area contributed by atoms with Crippen molar-refractivity contribution in [2.75, 3.05) is 20.3 Å². The fourth-order valence-electron chi connectivity index (χ4n) is 2.36. The molecule has 0 unspecified atom stereocenters. The van der Waals surface area contributed by atoms with Gasteiger partial charge in [0.1, 0.15) is 5.75 Å². The van der Waals surface area contributed by atoms with E-state index in [9.17, 15) is 10.2 Å². The molecule has 18 heavy (non-hydrogen) atoms. The molecule has 5 heteroatoms. The summed E-state index contributed by atoms with van der Waals surface area (Å²) < 4.78 is 5.17. The fraction of sp³-hybridized carbons (Fsp3) is 0.538. The Hall–Kier alpha value is -0.810. The first-order valence-corrected chi connectivity index (χ1v) is 6.37. The highest BCUT2D eigenvalue weighted by Crippen LogP contribution is 2.26. The lowest BCUT2D eigenvalue weighted by atomic mass is 10.1. The number of β-amino-alcohol motifs (C(OH)–C–C–N with tert-alkyl or cyclic N) is 1. The summed E-state index contributed by atoms with van der Waals surface area (Å²) in [5.74, 6) is 0.759. The van der Waals surface area contributed by atoms with Gasteiger partial charge in [-0.25, -0.2) is 0 Å². The van der Waals surface area contributed by atoms with Crippen LogP contribution < -0.4 is 4.74 Å². The molecule has 2 N–H and O–H groups in total. The molecule has 1 saturated heterocycles. The second-order valence-electron chi connectivity index (χ2n) is 4.61. The molecule has 0 aliphatic carbocycles. The van der Waals surface area contributed by atoms with Crippen molar-refractivity contribution >= 4 is 11.6 Å². The molecule has 1 aromatic carbocycles. The maximum Gasteiger partial charge on any atom is 0.119 e. The summed E-state index contributed by atoms with van der Waals surface area (Å²) in [6.07, 6.45) is 0.240. The van der Waals surface area contributed by atoms with Crippen molar-refractivity contribution in [2.45, 2.75) is 25.1 Å². The molecule has 0 aromatic heterocycles. The van der Waals surface area contributed by atoms with E-state index in [4.69, 9.17) is 16.3 Å². The first-order valence-electron chi connectivity index (χ1n) is 5.99. The van der Waals surface area contributed by atoms with Gasteiger partial charge < -0.3 is 14.9 Å². The lowest BCUT2D eigenvalue weighted by molar-refractivity contribution is 0.150. The number of hydrogen-bond donors (Lipinski definition) is 2. The Labute approximate surface area is 112 Å². The Balaban J connectivity index is 2.13. The molecule has 0 radical (unpaired) electrons. The van der Waals surface area contributed by atoms with Crippen LogP contribution in [0.2, 0.25) is 5.02 Å². The van der Waals surface area contributed by atoms with E-state index in [0.717, 1.165) is 11.3 Å². The van der Waals surface area contributed by atoms with Gasteiger partial charge in [0, 0.05) is 24.2 Å². The van der Waals surface area contributed by atoms with E-state index >= 15 is 0 Å². The van der Waals surface area contributed by atoms with Gasteiger partial charge in [-0.05, 0) is 30.2 Å². The van der Waals surface area contributed by atoms with E-state index in [-0.39, 0.29) is 18.8 Å².